The molecule has 29 heavy (non-hydrogen) atoms. The Bertz CT molecular complexity index is 900. The van der Waals surface area contributed by atoms with Crippen molar-refractivity contribution in [1.82, 2.24) is 20.3 Å². The first-order valence-corrected chi connectivity index (χ1v) is 10.8. The van der Waals surface area contributed by atoms with E-state index in [2.05, 4.69) is 71.8 Å². The lowest BCUT2D eigenvalue weighted by Crippen LogP contribution is -2.43. The number of piperidine rings is 1. The van der Waals surface area contributed by atoms with Gasteiger partial charge in [-0.15, -0.1) is 0 Å². The van der Waals surface area contributed by atoms with Crippen LogP contribution >= 0.6 is 15.9 Å². The van der Waals surface area contributed by atoms with Crippen molar-refractivity contribution in [3.8, 4) is 0 Å². The number of hydrogen-bond acceptors (Lipinski definition) is 6. The zero-order chi connectivity index (χ0) is 19.9. The number of hydrogen-bond donors (Lipinski definition) is 2. The van der Waals surface area contributed by atoms with E-state index in [0.717, 1.165) is 48.3 Å². The molecule has 2 N–H and O–H groups in total. The highest BCUT2D eigenvalue weighted by atomic mass is 79.9. The zero-order valence-electron chi connectivity index (χ0n) is 16.3. The molecule has 1 aliphatic rings. The predicted molar refractivity (Wildman–Crippen MR) is 120 cm³/mol. The molecule has 3 heterocycles. The molecule has 0 spiro atoms. The van der Waals surface area contributed by atoms with Crippen molar-refractivity contribution in [2.75, 3.05) is 23.3 Å². The Hall–Kier alpha value is -2.51. The van der Waals surface area contributed by atoms with E-state index >= 15 is 0 Å². The average Bonchev–Trinajstić information content (AvgIpc) is 2.79. The van der Waals surface area contributed by atoms with Gasteiger partial charge in [0.1, 0.15) is 5.82 Å². The number of pyridine rings is 1. The van der Waals surface area contributed by atoms with Gasteiger partial charge in [-0.3, -0.25) is 4.98 Å². The highest BCUT2D eigenvalue weighted by Crippen LogP contribution is 2.30. The van der Waals surface area contributed by atoms with Gasteiger partial charge < -0.3 is 15.5 Å². The summed E-state index contributed by atoms with van der Waals surface area (Å²) < 4.78 is 0.918. The highest BCUT2D eigenvalue weighted by Gasteiger charge is 2.24. The average molecular weight is 453 g/mol. The summed E-state index contributed by atoms with van der Waals surface area (Å²) in [7, 11) is 0. The molecule has 3 aromatic rings. The summed E-state index contributed by atoms with van der Waals surface area (Å²) in [5.74, 6) is 1.57. The van der Waals surface area contributed by atoms with Gasteiger partial charge in [0.25, 0.3) is 0 Å². The molecule has 6 nitrogen and oxygen atoms in total. The maximum atomic E-state index is 4.88. The van der Waals surface area contributed by atoms with E-state index < -0.39 is 0 Å². The molecule has 4 rings (SSSR count). The van der Waals surface area contributed by atoms with Crippen molar-refractivity contribution in [3.63, 3.8) is 0 Å². The molecule has 150 valence electrons. The monoisotopic (exact) mass is 452 g/mol. The van der Waals surface area contributed by atoms with E-state index in [-0.39, 0.29) is 0 Å². The molecule has 0 atom stereocenters. The summed E-state index contributed by atoms with van der Waals surface area (Å²) in [4.78, 5) is 15.8. The lowest BCUT2D eigenvalue weighted by molar-refractivity contribution is 0.425. The maximum Gasteiger partial charge on any atom is 0.224 e. The van der Waals surface area contributed by atoms with Gasteiger partial charge in [-0.2, -0.15) is 4.98 Å². The van der Waals surface area contributed by atoms with Crippen LogP contribution in [0.4, 0.5) is 11.8 Å². The number of aromatic nitrogens is 3. The number of benzene rings is 1. The fourth-order valence-corrected chi connectivity index (χ4v) is 4.02. The van der Waals surface area contributed by atoms with Crippen molar-refractivity contribution in [2.24, 2.45) is 0 Å². The first-order chi connectivity index (χ1) is 14.3. The molecule has 0 radical (unpaired) electrons. The third-order valence-corrected chi connectivity index (χ3v) is 5.70. The topological polar surface area (TPSA) is 66.0 Å². The van der Waals surface area contributed by atoms with Crippen molar-refractivity contribution in [1.29, 1.82) is 0 Å². The summed E-state index contributed by atoms with van der Waals surface area (Å²) in [6.07, 6.45) is 7.63. The van der Waals surface area contributed by atoms with Crippen LogP contribution in [0.2, 0.25) is 0 Å². The van der Waals surface area contributed by atoms with Crippen molar-refractivity contribution < 1.29 is 0 Å². The summed E-state index contributed by atoms with van der Waals surface area (Å²) in [6.45, 7) is 3.55. The van der Waals surface area contributed by atoms with Gasteiger partial charge in [0.15, 0.2) is 0 Å². The van der Waals surface area contributed by atoms with Crippen LogP contribution in [0.3, 0.4) is 0 Å². The van der Waals surface area contributed by atoms with Gasteiger partial charge in [-0.05, 0) is 65.1 Å². The van der Waals surface area contributed by atoms with Crippen LogP contribution in [-0.2, 0) is 13.1 Å². The van der Waals surface area contributed by atoms with E-state index in [4.69, 9.17) is 4.98 Å². The fourth-order valence-electron chi connectivity index (χ4n) is 3.60. The van der Waals surface area contributed by atoms with E-state index in [0.29, 0.717) is 18.5 Å². The molecule has 7 heteroatoms. The van der Waals surface area contributed by atoms with Crippen LogP contribution in [0.25, 0.3) is 0 Å². The number of nitrogens with zero attached hydrogens (tertiary/aromatic N) is 4. The minimum absolute atomic E-state index is 0.440. The van der Waals surface area contributed by atoms with E-state index in [9.17, 15) is 0 Å². The van der Waals surface area contributed by atoms with Crippen LogP contribution in [0, 0.1) is 0 Å². The lowest BCUT2D eigenvalue weighted by atomic mass is 10.0. The molecule has 1 aliphatic heterocycles. The fraction of sp³-hybridized carbons (Fsp3) is 0.318. The Morgan fingerprint density at radius 1 is 1.03 bits per heavy atom. The predicted octanol–water partition coefficient (Wildman–Crippen LogP) is 4.00. The molecule has 0 amide bonds. The Morgan fingerprint density at radius 2 is 1.79 bits per heavy atom. The van der Waals surface area contributed by atoms with Crippen LogP contribution in [0.15, 0.2) is 65.5 Å². The summed E-state index contributed by atoms with van der Waals surface area (Å²) in [5, 5.41) is 6.80. The molecule has 1 fully saturated rings. The molecule has 1 saturated heterocycles. The van der Waals surface area contributed by atoms with Gasteiger partial charge in [0.05, 0.1) is 4.47 Å². The molecule has 0 unspecified atom stereocenters. The molecule has 0 saturated carbocycles. The first-order valence-electron chi connectivity index (χ1n) is 9.96. The van der Waals surface area contributed by atoms with Crippen molar-refractivity contribution >= 4 is 27.7 Å². The second-order valence-corrected chi connectivity index (χ2v) is 8.02. The van der Waals surface area contributed by atoms with E-state index in [1.54, 1.807) is 12.4 Å². The van der Waals surface area contributed by atoms with Gasteiger partial charge in [-0.1, -0.05) is 30.3 Å². The smallest absolute Gasteiger partial charge is 0.224 e. The summed E-state index contributed by atoms with van der Waals surface area (Å²) >= 11 is 3.69. The molecule has 2 aromatic heterocycles. The van der Waals surface area contributed by atoms with Crippen LogP contribution in [-0.4, -0.2) is 34.1 Å². The Kier molecular flexibility index (Phi) is 6.69. The molecular formula is C22H25BrN6. The molecule has 0 aliphatic carbocycles. The van der Waals surface area contributed by atoms with E-state index in [1.807, 2.05) is 18.3 Å². The first kappa shape index (κ1) is 19.8. The number of nitrogens with one attached hydrogen (secondary N) is 2. The largest absolute Gasteiger partial charge is 0.350 e. The Morgan fingerprint density at radius 3 is 2.55 bits per heavy atom. The number of halogens is 1. The molecule has 0 bridgehead atoms. The van der Waals surface area contributed by atoms with Gasteiger partial charge >= 0.3 is 0 Å². The molecule has 1 aromatic carbocycles. The Labute approximate surface area is 179 Å². The maximum absolute atomic E-state index is 4.88. The van der Waals surface area contributed by atoms with Gasteiger partial charge in [0, 0.05) is 37.7 Å². The van der Waals surface area contributed by atoms with Gasteiger partial charge in [0.2, 0.25) is 5.95 Å². The minimum Gasteiger partial charge on any atom is -0.350 e. The lowest BCUT2D eigenvalue weighted by Gasteiger charge is -2.36. The summed E-state index contributed by atoms with van der Waals surface area (Å²) in [6, 6.07) is 15.0. The minimum atomic E-state index is 0.440. The second-order valence-electron chi connectivity index (χ2n) is 7.17. The van der Waals surface area contributed by atoms with E-state index in [1.165, 1.54) is 5.56 Å². The van der Waals surface area contributed by atoms with Gasteiger partial charge in [-0.25, -0.2) is 4.98 Å². The normalized spacial score (nSPS) is 14.5. The zero-order valence-corrected chi connectivity index (χ0v) is 17.8. The third kappa shape index (κ3) is 5.31. The standard InChI is InChI=1S/C22H25BrN6/c23-20-15-27-22(26-14-17-6-10-24-11-7-17)28-21(20)29(19-8-12-25-13-9-19)16-18-4-2-1-3-5-18/h1-7,10-11,15,19,25H,8-9,12-14,16H2,(H,26,27,28). The SMILES string of the molecule is Brc1cnc(NCc2ccncc2)nc1N(Cc1ccccc1)C1CCNCC1. The Balaban J connectivity index is 1.58. The van der Waals surface area contributed by atoms with Crippen molar-refractivity contribution in [3.05, 3.63) is 76.7 Å². The quantitative estimate of drug-likeness (QED) is 0.564. The number of rotatable bonds is 7. The second kappa shape index (κ2) is 9.80. The van der Waals surface area contributed by atoms with Crippen LogP contribution in [0.1, 0.15) is 24.0 Å². The highest BCUT2D eigenvalue weighted by molar-refractivity contribution is 9.10. The van der Waals surface area contributed by atoms with Crippen molar-refractivity contribution in [2.45, 2.75) is 32.0 Å². The summed E-state index contributed by atoms with van der Waals surface area (Å²) in [5.41, 5.74) is 2.43. The molecular weight excluding hydrogens is 428 g/mol. The van der Waals surface area contributed by atoms with Crippen LogP contribution < -0.4 is 15.5 Å². The van der Waals surface area contributed by atoms with Crippen LogP contribution in [0.5, 0.6) is 0 Å². The third-order valence-electron chi connectivity index (χ3n) is 5.14. The number of anilines is 2.